The monoisotopic (exact) mass is 365 g/mol. The van der Waals surface area contributed by atoms with Crippen molar-refractivity contribution in [2.24, 2.45) is 0 Å². The van der Waals surface area contributed by atoms with Crippen LogP contribution >= 0.6 is 11.3 Å². The zero-order valence-electron chi connectivity index (χ0n) is 13.7. The van der Waals surface area contributed by atoms with Gasteiger partial charge in [0.2, 0.25) is 0 Å². The number of hydrogen-bond acceptors (Lipinski definition) is 5. The summed E-state index contributed by atoms with van der Waals surface area (Å²) in [4.78, 5) is 25.8. The average molecular weight is 365 g/mol. The summed E-state index contributed by atoms with van der Waals surface area (Å²) < 4.78 is 7.02. The Hall–Kier alpha value is -3.19. The van der Waals surface area contributed by atoms with Crippen molar-refractivity contribution in [1.82, 2.24) is 15.1 Å². The second-order valence-electron chi connectivity index (χ2n) is 5.71. The lowest BCUT2D eigenvalue weighted by atomic mass is 10.1. The zero-order valence-corrected chi connectivity index (χ0v) is 14.5. The maximum absolute atomic E-state index is 12.6. The van der Waals surface area contributed by atoms with Gasteiger partial charge in [-0.3, -0.25) is 9.48 Å². The molecular weight excluding hydrogens is 350 g/mol. The van der Waals surface area contributed by atoms with Crippen molar-refractivity contribution in [2.45, 2.75) is 6.04 Å². The Bertz CT molecular complexity index is 1050. The molecule has 0 bridgehead atoms. The minimum atomic E-state index is -0.645. The minimum absolute atomic E-state index is 0.00547. The Morgan fingerprint density at radius 1 is 1.23 bits per heavy atom. The lowest BCUT2D eigenvalue weighted by molar-refractivity contribution is 0.0946. The highest BCUT2D eigenvalue weighted by Gasteiger charge is 2.19. The van der Waals surface area contributed by atoms with E-state index in [1.54, 1.807) is 46.5 Å². The van der Waals surface area contributed by atoms with Gasteiger partial charge < -0.3 is 9.73 Å². The van der Waals surface area contributed by atoms with Gasteiger partial charge in [-0.15, -0.1) is 11.3 Å². The van der Waals surface area contributed by atoms with Gasteiger partial charge in [0, 0.05) is 29.2 Å². The van der Waals surface area contributed by atoms with Crippen molar-refractivity contribution < 1.29 is 9.21 Å². The van der Waals surface area contributed by atoms with Crippen LogP contribution in [0.15, 0.2) is 75.5 Å². The van der Waals surface area contributed by atoms with Gasteiger partial charge in [0.15, 0.2) is 0 Å². The zero-order chi connectivity index (χ0) is 17.9. The van der Waals surface area contributed by atoms with Gasteiger partial charge in [0.05, 0.1) is 0 Å². The summed E-state index contributed by atoms with van der Waals surface area (Å²) in [5.41, 5.74) is -0.191. The predicted molar refractivity (Wildman–Crippen MR) is 99.5 cm³/mol. The third-order valence-electron chi connectivity index (χ3n) is 4.06. The van der Waals surface area contributed by atoms with E-state index in [0.717, 1.165) is 4.88 Å². The molecule has 130 valence electrons. The molecule has 0 aliphatic carbocycles. The molecule has 1 N–H and O–H groups in total. The van der Waals surface area contributed by atoms with E-state index in [2.05, 4.69) is 10.4 Å². The Morgan fingerprint density at radius 3 is 2.88 bits per heavy atom. The van der Waals surface area contributed by atoms with E-state index < -0.39 is 11.5 Å². The number of rotatable bonds is 5. The number of hydrogen-bond donors (Lipinski definition) is 1. The van der Waals surface area contributed by atoms with Crippen LogP contribution in [0.1, 0.15) is 21.3 Å². The summed E-state index contributed by atoms with van der Waals surface area (Å²) in [6.07, 6.45) is 3.54. The van der Waals surface area contributed by atoms with Crippen LogP contribution in [0.5, 0.6) is 0 Å². The normalized spacial score (nSPS) is 12.2. The van der Waals surface area contributed by atoms with Crippen LogP contribution in [-0.2, 0) is 0 Å². The second-order valence-corrected chi connectivity index (χ2v) is 6.69. The largest absolute Gasteiger partial charge is 0.422 e. The topological polar surface area (TPSA) is 77.1 Å². The summed E-state index contributed by atoms with van der Waals surface area (Å²) in [6.45, 7) is 0.313. The molecule has 0 fully saturated rings. The summed E-state index contributed by atoms with van der Waals surface area (Å²) >= 11 is 1.59. The first-order chi connectivity index (χ1) is 12.7. The molecule has 0 radical (unpaired) electrons. The molecule has 6 nitrogen and oxygen atoms in total. The number of thiophene rings is 1. The molecule has 7 heteroatoms. The molecule has 0 saturated heterocycles. The van der Waals surface area contributed by atoms with Crippen LogP contribution in [0.2, 0.25) is 0 Å². The molecule has 0 aliphatic heterocycles. The first-order valence-corrected chi connectivity index (χ1v) is 8.94. The van der Waals surface area contributed by atoms with Gasteiger partial charge in [-0.2, -0.15) is 5.10 Å². The highest BCUT2D eigenvalue weighted by atomic mass is 32.1. The van der Waals surface area contributed by atoms with Gasteiger partial charge in [-0.25, -0.2) is 4.79 Å². The third-order valence-corrected chi connectivity index (χ3v) is 5.03. The van der Waals surface area contributed by atoms with Gasteiger partial charge in [0.1, 0.15) is 17.2 Å². The number of benzene rings is 1. The Morgan fingerprint density at radius 2 is 2.12 bits per heavy atom. The summed E-state index contributed by atoms with van der Waals surface area (Å²) in [5.74, 6) is -0.460. The van der Waals surface area contributed by atoms with Crippen molar-refractivity contribution in [3.05, 3.63) is 87.2 Å². The number of aromatic nitrogens is 2. The first kappa shape index (κ1) is 16.3. The summed E-state index contributed by atoms with van der Waals surface area (Å²) in [7, 11) is 0. The minimum Gasteiger partial charge on any atom is -0.422 e. The number of para-hydroxylation sites is 1. The molecule has 3 heterocycles. The van der Waals surface area contributed by atoms with Gasteiger partial charge in [-0.1, -0.05) is 24.3 Å². The lowest BCUT2D eigenvalue weighted by Gasteiger charge is -2.17. The number of amides is 1. The van der Waals surface area contributed by atoms with Crippen molar-refractivity contribution in [1.29, 1.82) is 0 Å². The number of nitrogens with zero attached hydrogens (tertiary/aromatic N) is 2. The Labute approximate surface area is 152 Å². The van der Waals surface area contributed by atoms with Crippen LogP contribution < -0.4 is 10.9 Å². The van der Waals surface area contributed by atoms with Gasteiger partial charge in [0.25, 0.3) is 5.91 Å². The van der Waals surface area contributed by atoms with Gasteiger partial charge in [-0.05, 0) is 29.6 Å². The molecule has 4 rings (SSSR count). The highest BCUT2D eigenvalue weighted by molar-refractivity contribution is 7.10. The molecule has 1 amide bonds. The standard InChI is InChI=1S/C19H15N3O3S/c23-18(14-11-13-5-1-2-6-16(13)25-19(14)24)20-12-15(17-7-3-10-26-17)22-9-4-8-21-22/h1-11,15H,12H2,(H,20,23). The third kappa shape index (κ3) is 3.16. The molecule has 26 heavy (non-hydrogen) atoms. The fraction of sp³-hybridized carbons (Fsp3) is 0.105. The van der Waals surface area contributed by atoms with Crippen LogP contribution in [0, 0.1) is 0 Å². The molecule has 0 spiro atoms. The van der Waals surface area contributed by atoms with Crippen LogP contribution in [-0.4, -0.2) is 22.2 Å². The smallest absolute Gasteiger partial charge is 0.349 e. The first-order valence-electron chi connectivity index (χ1n) is 8.06. The van der Waals surface area contributed by atoms with Crippen molar-refractivity contribution in [3.8, 4) is 0 Å². The van der Waals surface area contributed by atoms with Crippen LogP contribution in [0.3, 0.4) is 0 Å². The summed E-state index contributed by atoms with van der Waals surface area (Å²) in [5, 5.41) is 9.79. The van der Waals surface area contributed by atoms with Gasteiger partial charge >= 0.3 is 5.63 Å². The van der Waals surface area contributed by atoms with E-state index in [0.29, 0.717) is 17.5 Å². The number of fused-ring (bicyclic) bond motifs is 1. The number of carbonyl (C=O) groups is 1. The summed E-state index contributed by atoms with van der Waals surface area (Å²) in [6, 6.07) is 14.3. The van der Waals surface area contributed by atoms with E-state index in [-0.39, 0.29) is 11.6 Å². The quantitative estimate of drug-likeness (QED) is 0.552. The van der Waals surface area contributed by atoms with Crippen molar-refractivity contribution >= 4 is 28.2 Å². The highest BCUT2D eigenvalue weighted by Crippen LogP contribution is 2.22. The SMILES string of the molecule is O=C(NCC(c1cccs1)n1cccn1)c1cc2ccccc2oc1=O. The average Bonchev–Trinajstić information content (AvgIpc) is 3.35. The van der Waals surface area contributed by atoms with E-state index >= 15 is 0 Å². The van der Waals surface area contributed by atoms with E-state index in [1.807, 2.05) is 35.8 Å². The lowest BCUT2D eigenvalue weighted by Crippen LogP contribution is -2.33. The van der Waals surface area contributed by atoms with Crippen LogP contribution in [0.4, 0.5) is 0 Å². The molecule has 1 atom stereocenters. The maximum atomic E-state index is 12.6. The number of nitrogens with one attached hydrogen (secondary N) is 1. The molecule has 0 aliphatic rings. The molecule has 1 aromatic carbocycles. The molecule has 4 aromatic rings. The fourth-order valence-corrected chi connectivity index (χ4v) is 3.60. The van der Waals surface area contributed by atoms with Crippen LogP contribution in [0.25, 0.3) is 11.0 Å². The Balaban J connectivity index is 1.58. The maximum Gasteiger partial charge on any atom is 0.349 e. The molecule has 3 aromatic heterocycles. The van der Waals surface area contributed by atoms with Crippen molar-refractivity contribution in [2.75, 3.05) is 6.54 Å². The fourth-order valence-electron chi connectivity index (χ4n) is 2.78. The molecular formula is C19H15N3O3S. The molecule has 1 unspecified atom stereocenters. The van der Waals surface area contributed by atoms with E-state index in [4.69, 9.17) is 4.42 Å². The van der Waals surface area contributed by atoms with E-state index in [1.165, 1.54) is 0 Å². The predicted octanol–water partition coefficient (Wildman–Crippen LogP) is 3.07. The number of carbonyl (C=O) groups excluding carboxylic acids is 1. The molecule has 0 saturated carbocycles. The Kier molecular flexibility index (Phi) is 4.37. The van der Waals surface area contributed by atoms with E-state index in [9.17, 15) is 9.59 Å². The second kappa shape index (κ2) is 6.97. The van der Waals surface area contributed by atoms with Crippen molar-refractivity contribution in [3.63, 3.8) is 0 Å².